The van der Waals surface area contributed by atoms with E-state index in [1.807, 2.05) is 29.2 Å². The average molecular weight is 476 g/mol. The number of carboxylic acids is 1. The second-order valence-corrected chi connectivity index (χ2v) is 8.87. The minimum Gasteiger partial charge on any atom is -0.478 e. The predicted molar refractivity (Wildman–Crippen MR) is 134 cm³/mol. The number of hydrogen-bond acceptors (Lipinski definition) is 5. The fraction of sp³-hybridized carbons (Fsp3) is 0.192. The summed E-state index contributed by atoms with van der Waals surface area (Å²) < 4.78 is 0. The first-order chi connectivity index (χ1) is 16.5. The van der Waals surface area contributed by atoms with Crippen molar-refractivity contribution in [2.75, 3.05) is 42.1 Å². The lowest BCUT2D eigenvalue weighted by atomic mass is 10.1. The summed E-state index contributed by atoms with van der Waals surface area (Å²) >= 11 is 1.41. The molecule has 0 saturated carbocycles. The van der Waals surface area contributed by atoms with Crippen molar-refractivity contribution in [2.24, 2.45) is 0 Å². The zero-order chi connectivity index (χ0) is 23.9. The van der Waals surface area contributed by atoms with Gasteiger partial charge >= 0.3 is 5.97 Å². The third-order valence-corrected chi connectivity index (χ3v) is 6.59. The highest BCUT2D eigenvalue weighted by atomic mass is 32.2. The molecule has 1 aliphatic rings. The van der Waals surface area contributed by atoms with E-state index >= 15 is 0 Å². The third kappa shape index (κ3) is 5.77. The molecule has 2 amide bonds. The van der Waals surface area contributed by atoms with Gasteiger partial charge in [0, 0.05) is 42.4 Å². The Morgan fingerprint density at radius 2 is 1.50 bits per heavy atom. The molecule has 4 rings (SSSR count). The molecule has 0 unspecified atom stereocenters. The molecule has 0 atom stereocenters. The number of carbonyl (C=O) groups is 3. The molecule has 0 spiro atoms. The number of nitrogens with one attached hydrogen (secondary N) is 1. The number of carboxylic acid groups (broad SMARTS) is 1. The van der Waals surface area contributed by atoms with Gasteiger partial charge in [-0.3, -0.25) is 9.59 Å². The number of carbonyl (C=O) groups excluding carboxylic acids is 2. The SMILES string of the molecule is O=C(O)c1ccccc1C(=O)Nc1cccc(SCC(=O)N2CCN(c3ccccc3)CC2)c1. The molecule has 7 nitrogen and oxygen atoms in total. The Balaban J connectivity index is 1.30. The van der Waals surface area contributed by atoms with Crippen LogP contribution in [0.1, 0.15) is 20.7 Å². The molecule has 1 fully saturated rings. The Hall–Kier alpha value is -3.78. The summed E-state index contributed by atoms with van der Waals surface area (Å²) in [6.45, 7) is 2.99. The standard InChI is InChI=1S/C26H25N3O4S/c30-24(29-15-13-28(14-16-29)20-8-2-1-3-9-20)18-34-21-10-6-7-19(17-21)27-25(31)22-11-4-5-12-23(22)26(32)33/h1-12,17H,13-16,18H2,(H,27,31)(H,32,33). The van der Waals surface area contributed by atoms with Gasteiger partial charge in [0.2, 0.25) is 5.91 Å². The molecule has 174 valence electrons. The molecule has 0 radical (unpaired) electrons. The molecular formula is C26H25N3O4S. The van der Waals surface area contributed by atoms with Crippen molar-refractivity contribution in [3.05, 3.63) is 90.0 Å². The van der Waals surface area contributed by atoms with E-state index in [4.69, 9.17) is 0 Å². The van der Waals surface area contributed by atoms with Crippen LogP contribution in [0.3, 0.4) is 0 Å². The third-order valence-electron chi connectivity index (χ3n) is 5.61. The smallest absolute Gasteiger partial charge is 0.336 e. The van der Waals surface area contributed by atoms with Crippen LogP contribution in [0.25, 0.3) is 0 Å². The maximum Gasteiger partial charge on any atom is 0.336 e. The summed E-state index contributed by atoms with van der Waals surface area (Å²) in [7, 11) is 0. The Morgan fingerprint density at radius 1 is 0.824 bits per heavy atom. The van der Waals surface area contributed by atoms with Gasteiger partial charge < -0.3 is 20.2 Å². The van der Waals surface area contributed by atoms with E-state index in [9.17, 15) is 19.5 Å². The quantitative estimate of drug-likeness (QED) is 0.501. The summed E-state index contributed by atoms with van der Waals surface area (Å²) in [6, 6.07) is 23.5. The maximum absolute atomic E-state index is 12.7. The first kappa shape index (κ1) is 23.4. The van der Waals surface area contributed by atoms with Crippen LogP contribution in [0.15, 0.2) is 83.8 Å². The lowest BCUT2D eigenvalue weighted by Crippen LogP contribution is -2.49. The highest BCUT2D eigenvalue weighted by Crippen LogP contribution is 2.23. The van der Waals surface area contributed by atoms with Crippen LogP contribution in [-0.2, 0) is 4.79 Å². The summed E-state index contributed by atoms with van der Waals surface area (Å²) in [5.74, 6) is -1.25. The molecule has 0 bridgehead atoms. The lowest BCUT2D eigenvalue weighted by Gasteiger charge is -2.36. The van der Waals surface area contributed by atoms with Crippen molar-refractivity contribution in [1.82, 2.24) is 4.90 Å². The molecule has 0 aliphatic carbocycles. The number of piperazine rings is 1. The molecule has 8 heteroatoms. The van der Waals surface area contributed by atoms with Crippen molar-refractivity contribution in [3.8, 4) is 0 Å². The van der Waals surface area contributed by atoms with Gasteiger partial charge in [0.1, 0.15) is 0 Å². The summed E-state index contributed by atoms with van der Waals surface area (Å²) in [6.07, 6.45) is 0. The number of amides is 2. The minimum atomic E-state index is -1.15. The topological polar surface area (TPSA) is 89.9 Å². The maximum atomic E-state index is 12.7. The summed E-state index contributed by atoms with van der Waals surface area (Å²) in [5.41, 5.74) is 1.76. The zero-order valence-electron chi connectivity index (χ0n) is 18.5. The molecular weight excluding hydrogens is 450 g/mol. The van der Waals surface area contributed by atoms with E-state index in [2.05, 4.69) is 22.3 Å². The number of thioether (sulfide) groups is 1. The Labute approximate surface area is 202 Å². The van der Waals surface area contributed by atoms with Crippen LogP contribution in [0, 0.1) is 0 Å². The summed E-state index contributed by atoms with van der Waals surface area (Å²) in [4.78, 5) is 41.7. The highest BCUT2D eigenvalue weighted by molar-refractivity contribution is 8.00. The van der Waals surface area contributed by atoms with E-state index in [1.165, 1.54) is 29.6 Å². The monoisotopic (exact) mass is 475 g/mol. The van der Waals surface area contributed by atoms with E-state index in [0.29, 0.717) is 24.5 Å². The Morgan fingerprint density at radius 3 is 2.21 bits per heavy atom. The summed E-state index contributed by atoms with van der Waals surface area (Å²) in [5, 5.41) is 12.1. The zero-order valence-corrected chi connectivity index (χ0v) is 19.3. The molecule has 3 aromatic carbocycles. The molecule has 1 heterocycles. The number of nitrogens with zero attached hydrogens (tertiary/aromatic N) is 2. The number of benzene rings is 3. The van der Waals surface area contributed by atoms with E-state index in [0.717, 1.165) is 18.0 Å². The van der Waals surface area contributed by atoms with Crippen LogP contribution in [0.4, 0.5) is 11.4 Å². The molecule has 2 N–H and O–H groups in total. The average Bonchev–Trinajstić information content (AvgIpc) is 2.88. The van der Waals surface area contributed by atoms with Crippen molar-refractivity contribution in [3.63, 3.8) is 0 Å². The molecule has 0 aromatic heterocycles. The van der Waals surface area contributed by atoms with Crippen molar-refractivity contribution in [1.29, 1.82) is 0 Å². The molecule has 1 aliphatic heterocycles. The number of rotatable bonds is 7. The van der Waals surface area contributed by atoms with Crippen molar-refractivity contribution in [2.45, 2.75) is 4.90 Å². The second kappa shape index (κ2) is 10.9. The van der Waals surface area contributed by atoms with E-state index in [1.54, 1.807) is 30.3 Å². The first-order valence-electron chi connectivity index (χ1n) is 11.0. The van der Waals surface area contributed by atoms with Crippen molar-refractivity contribution >= 4 is 40.9 Å². The minimum absolute atomic E-state index is 0.0523. The van der Waals surface area contributed by atoms with Gasteiger partial charge in [0.05, 0.1) is 16.9 Å². The van der Waals surface area contributed by atoms with Gasteiger partial charge in [0.15, 0.2) is 0 Å². The fourth-order valence-corrected chi connectivity index (χ4v) is 4.68. The Bertz CT molecular complexity index is 1180. The normalized spacial score (nSPS) is 13.4. The van der Waals surface area contributed by atoms with Crippen LogP contribution >= 0.6 is 11.8 Å². The van der Waals surface area contributed by atoms with Gasteiger partial charge in [-0.05, 0) is 42.5 Å². The number of anilines is 2. The lowest BCUT2D eigenvalue weighted by molar-refractivity contribution is -0.128. The van der Waals surface area contributed by atoms with Gasteiger partial charge in [-0.25, -0.2) is 4.79 Å². The van der Waals surface area contributed by atoms with E-state index in [-0.39, 0.29) is 17.0 Å². The number of hydrogen-bond donors (Lipinski definition) is 2. The van der Waals surface area contributed by atoms with Gasteiger partial charge in [-0.1, -0.05) is 36.4 Å². The predicted octanol–water partition coefficient (Wildman–Crippen LogP) is 4.08. The first-order valence-corrected chi connectivity index (χ1v) is 11.9. The number of aromatic carboxylic acids is 1. The molecule has 3 aromatic rings. The molecule has 34 heavy (non-hydrogen) atoms. The van der Waals surface area contributed by atoms with Crippen LogP contribution in [0.5, 0.6) is 0 Å². The Kier molecular flexibility index (Phi) is 7.49. The van der Waals surface area contributed by atoms with E-state index < -0.39 is 11.9 Å². The van der Waals surface area contributed by atoms with Crippen LogP contribution in [-0.4, -0.2) is 59.7 Å². The second-order valence-electron chi connectivity index (χ2n) is 7.82. The van der Waals surface area contributed by atoms with Gasteiger partial charge in [-0.2, -0.15) is 0 Å². The van der Waals surface area contributed by atoms with Crippen LogP contribution in [0.2, 0.25) is 0 Å². The highest BCUT2D eigenvalue weighted by Gasteiger charge is 2.21. The fourth-order valence-electron chi connectivity index (χ4n) is 3.82. The van der Waals surface area contributed by atoms with Gasteiger partial charge in [0.25, 0.3) is 5.91 Å². The number of para-hydroxylation sites is 1. The van der Waals surface area contributed by atoms with Crippen LogP contribution < -0.4 is 10.2 Å². The van der Waals surface area contributed by atoms with Crippen molar-refractivity contribution < 1.29 is 19.5 Å². The van der Waals surface area contributed by atoms with Gasteiger partial charge in [-0.15, -0.1) is 11.8 Å². The largest absolute Gasteiger partial charge is 0.478 e. The molecule has 1 saturated heterocycles.